The van der Waals surface area contributed by atoms with E-state index < -0.39 is 24.0 Å². The van der Waals surface area contributed by atoms with Gasteiger partial charge in [-0.2, -0.15) is 0 Å². The number of hydrogen-bond acceptors (Lipinski definition) is 5. The van der Waals surface area contributed by atoms with E-state index in [1.165, 1.54) is 0 Å². The van der Waals surface area contributed by atoms with Gasteiger partial charge in [0.2, 0.25) is 5.91 Å². The lowest BCUT2D eigenvalue weighted by molar-refractivity contribution is -0.160. The molecule has 2 aliphatic rings. The Morgan fingerprint density at radius 3 is 2.66 bits per heavy atom. The summed E-state index contributed by atoms with van der Waals surface area (Å²) in [6.45, 7) is 6.19. The summed E-state index contributed by atoms with van der Waals surface area (Å²) >= 11 is 3.44. The molecule has 0 aliphatic carbocycles. The molecule has 10 heteroatoms. The maximum Gasteiger partial charge on any atom is 0.405 e. The first kappa shape index (κ1) is 22.8. The molecule has 3 heterocycles. The zero-order valence-corrected chi connectivity index (χ0v) is 19.8. The highest BCUT2D eigenvalue weighted by Crippen LogP contribution is 2.43. The predicted octanol–water partition coefficient (Wildman–Crippen LogP) is 3.54. The maximum absolute atomic E-state index is 13.5. The second-order valence-corrected chi connectivity index (χ2v) is 9.61. The number of amides is 2. The van der Waals surface area contributed by atoms with Crippen LogP contribution in [0.15, 0.2) is 34.9 Å². The van der Waals surface area contributed by atoms with Crippen LogP contribution in [0.2, 0.25) is 0 Å². The summed E-state index contributed by atoms with van der Waals surface area (Å²) in [7, 11) is 0. The number of imidazole rings is 1. The molecule has 1 aromatic heterocycles. The van der Waals surface area contributed by atoms with Gasteiger partial charge in [-0.15, -0.1) is 0 Å². The number of rotatable bonds is 5. The van der Waals surface area contributed by atoms with E-state index in [9.17, 15) is 14.7 Å². The van der Waals surface area contributed by atoms with Gasteiger partial charge in [-0.05, 0) is 30.5 Å². The minimum absolute atomic E-state index is 0.0846. The molecular weight excluding hydrogens is 480 g/mol. The van der Waals surface area contributed by atoms with Gasteiger partial charge in [0.1, 0.15) is 11.9 Å². The molecule has 2 aromatic rings. The molecule has 0 bridgehead atoms. The van der Waals surface area contributed by atoms with E-state index in [-0.39, 0.29) is 24.5 Å². The topological polar surface area (TPSA) is 117 Å². The van der Waals surface area contributed by atoms with Crippen LogP contribution < -0.4 is 5.32 Å². The number of halogens is 1. The van der Waals surface area contributed by atoms with Crippen molar-refractivity contribution in [1.82, 2.24) is 20.2 Å². The number of aromatic nitrogens is 2. The quantitative estimate of drug-likeness (QED) is 0.570. The largest absolute Gasteiger partial charge is 0.465 e. The van der Waals surface area contributed by atoms with E-state index >= 15 is 0 Å². The normalized spacial score (nSPS) is 26.1. The number of carboxylic acid groups (broad SMARTS) is 1. The summed E-state index contributed by atoms with van der Waals surface area (Å²) < 4.78 is 13.0. The second-order valence-electron chi connectivity index (χ2n) is 8.70. The van der Waals surface area contributed by atoms with Crippen molar-refractivity contribution in [2.45, 2.75) is 51.2 Å². The van der Waals surface area contributed by atoms with Gasteiger partial charge in [0, 0.05) is 10.9 Å². The van der Waals surface area contributed by atoms with Crippen molar-refractivity contribution in [3.05, 3.63) is 40.8 Å². The molecule has 4 atom stereocenters. The average molecular weight is 507 g/mol. The molecule has 0 saturated carbocycles. The lowest BCUT2D eigenvalue weighted by Crippen LogP contribution is -2.51. The highest BCUT2D eigenvalue weighted by molar-refractivity contribution is 9.10. The highest BCUT2D eigenvalue weighted by Gasteiger charge is 2.54. The third-order valence-corrected chi connectivity index (χ3v) is 6.38. The number of hydrogen-bond donors (Lipinski definition) is 3. The average Bonchev–Trinajstić information content (AvgIpc) is 3.45. The Kier molecular flexibility index (Phi) is 6.28. The molecule has 32 heavy (non-hydrogen) atoms. The van der Waals surface area contributed by atoms with E-state index in [0.29, 0.717) is 18.9 Å². The molecule has 1 aromatic carbocycles. The van der Waals surface area contributed by atoms with Crippen LogP contribution in [-0.2, 0) is 14.3 Å². The number of nitrogens with zero attached hydrogens (tertiary/aromatic N) is 2. The van der Waals surface area contributed by atoms with E-state index in [1.54, 1.807) is 11.1 Å². The third kappa shape index (κ3) is 4.53. The van der Waals surface area contributed by atoms with Crippen molar-refractivity contribution in [3.8, 4) is 11.3 Å². The summed E-state index contributed by atoms with van der Waals surface area (Å²) in [6, 6.07) is 6.51. The molecule has 3 N–H and O–H groups in total. The van der Waals surface area contributed by atoms with Crippen molar-refractivity contribution in [2.24, 2.45) is 5.92 Å². The molecule has 4 rings (SSSR count). The van der Waals surface area contributed by atoms with E-state index in [2.05, 4.69) is 31.2 Å². The second kappa shape index (κ2) is 8.84. The lowest BCUT2D eigenvalue weighted by Gasteiger charge is -2.29. The SMILES string of the molecule is CC(C)[C@H](NC(=O)O)C(=O)N1CC2(CC1c1ncc(-c3ccc(Br)cc3)[nH]1)OC[C@H](C)O2. The van der Waals surface area contributed by atoms with Crippen LogP contribution in [0, 0.1) is 5.92 Å². The van der Waals surface area contributed by atoms with Crippen molar-refractivity contribution in [3.63, 3.8) is 0 Å². The first-order valence-electron chi connectivity index (χ1n) is 10.6. The van der Waals surface area contributed by atoms with E-state index in [1.807, 2.05) is 45.0 Å². The molecule has 172 valence electrons. The van der Waals surface area contributed by atoms with Crippen LogP contribution in [0.5, 0.6) is 0 Å². The van der Waals surface area contributed by atoms with Crippen LogP contribution in [0.1, 0.15) is 39.1 Å². The zero-order chi connectivity index (χ0) is 23.0. The van der Waals surface area contributed by atoms with E-state index in [0.717, 1.165) is 15.7 Å². The van der Waals surface area contributed by atoms with Crippen molar-refractivity contribution in [1.29, 1.82) is 0 Å². The van der Waals surface area contributed by atoms with Gasteiger partial charge in [-0.3, -0.25) is 4.79 Å². The molecule has 2 saturated heterocycles. The number of nitrogens with one attached hydrogen (secondary N) is 2. The molecule has 2 aliphatic heterocycles. The number of carbonyl (C=O) groups excluding carboxylic acids is 1. The Balaban J connectivity index is 1.65. The Bertz CT molecular complexity index is 994. The monoisotopic (exact) mass is 506 g/mol. The fourth-order valence-corrected chi connectivity index (χ4v) is 4.58. The van der Waals surface area contributed by atoms with Crippen LogP contribution in [0.3, 0.4) is 0 Å². The van der Waals surface area contributed by atoms with Crippen molar-refractivity contribution in [2.75, 3.05) is 13.2 Å². The summed E-state index contributed by atoms with van der Waals surface area (Å²) in [4.78, 5) is 34.3. The maximum atomic E-state index is 13.5. The highest BCUT2D eigenvalue weighted by atomic mass is 79.9. The number of aromatic amines is 1. The summed E-state index contributed by atoms with van der Waals surface area (Å²) in [6.07, 6.45) is 0.827. The Labute approximate surface area is 194 Å². The molecule has 2 unspecified atom stereocenters. The molecule has 1 spiro atoms. The Hall–Kier alpha value is -2.43. The Morgan fingerprint density at radius 1 is 1.34 bits per heavy atom. The van der Waals surface area contributed by atoms with Gasteiger partial charge in [0.05, 0.1) is 37.2 Å². The number of carbonyl (C=O) groups is 2. The van der Waals surface area contributed by atoms with E-state index in [4.69, 9.17) is 9.47 Å². The summed E-state index contributed by atoms with van der Waals surface area (Å²) in [5.74, 6) is -0.861. The van der Waals surface area contributed by atoms with Crippen molar-refractivity contribution < 1.29 is 24.2 Å². The molecule has 2 fully saturated rings. The molecule has 0 radical (unpaired) electrons. The lowest BCUT2D eigenvalue weighted by atomic mass is 10.0. The third-order valence-electron chi connectivity index (χ3n) is 5.85. The number of likely N-dealkylation sites (tertiary alicyclic amines) is 1. The van der Waals surface area contributed by atoms with Crippen LogP contribution in [-0.4, -0.2) is 63.1 Å². The number of benzene rings is 1. The zero-order valence-electron chi connectivity index (χ0n) is 18.2. The van der Waals surface area contributed by atoms with Crippen LogP contribution in [0.25, 0.3) is 11.3 Å². The number of ether oxygens (including phenoxy) is 2. The van der Waals surface area contributed by atoms with Crippen LogP contribution in [0.4, 0.5) is 4.79 Å². The predicted molar refractivity (Wildman–Crippen MR) is 120 cm³/mol. The van der Waals surface area contributed by atoms with Gasteiger partial charge in [-0.1, -0.05) is 41.9 Å². The van der Waals surface area contributed by atoms with Gasteiger partial charge in [0.25, 0.3) is 0 Å². The fourth-order valence-electron chi connectivity index (χ4n) is 4.32. The standard InChI is InChI=1S/C22H27BrN4O5/c1-12(2)18(26-21(29)30)20(28)27-11-22(31-10-13(3)32-22)8-17(27)19-24-9-16(25-19)14-4-6-15(23)7-5-14/h4-7,9,12-13,17-18,26H,8,10-11H2,1-3H3,(H,24,25)(H,29,30)/t13-,17?,18-,22?/m0/s1. The molecule has 9 nitrogen and oxygen atoms in total. The Morgan fingerprint density at radius 2 is 2.06 bits per heavy atom. The van der Waals surface area contributed by atoms with Gasteiger partial charge in [0.15, 0.2) is 5.79 Å². The first-order chi connectivity index (χ1) is 15.2. The fraction of sp³-hybridized carbons (Fsp3) is 0.500. The van der Waals surface area contributed by atoms with Gasteiger partial charge in [-0.25, -0.2) is 9.78 Å². The van der Waals surface area contributed by atoms with Gasteiger partial charge < -0.3 is 29.8 Å². The number of H-pyrrole nitrogens is 1. The molecule has 2 amide bonds. The molecular formula is C22H27BrN4O5. The van der Waals surface area contributed by atoms with Gasteiger partial charge >= 0.3 is 6.09 Å². The minimum Gasteiger partial charge on any atom is -0.465 e. The summed E-state index contributed by atoms with van der Waals surface area (Å²) in [5, 5.41) is 11.6. The van der Waals surface area contributed by atoms with Crippen molar-refractivity contribution >= 4 is 27.9 Å². The minimum atomic E-state index is -1.24. The van der Waals surface area contributed by atoms with Crippen LogP contribution >= 0.6 is 15.9 Å². The smallest absolute Gasteiger partial charge is 0.405 e. The first-order valence-corrected chi connectivity index (χ1v) is 11.4. The summed E-state index contributed by atoms with van der Waals surface area (Å²) in [5.41, 5.74) is 1.79.